The van der Waals surface area contributed by atoms with Crippen LogP contribution in [-0.4, -0.2) is 24.9 Å². The van der Waals surface area contributed by atoms with Crippen LogP contribution >= 0.6 is 0 Å². The van der Waals surface area contributed by atoms with Gasteiger partial charge in [0.25, 0.3) is 0 Å². The summed E-state index contributed by atoms with van der Waals surface area (Å²) in [6, 6.07) is 0. The first-order valence-corrected chi connectivity index (χ1v) is 3.39. The molecule has 0 aromatic rings. The van der Waals surface area contributed by atoms with E-state index in [4.69, 9.17) is 4.74 Å². The molecule has 1 aliphatic heterocycles. The summed E-state index contributed by atoms with van der Waals surface area (Å²) in [4.78, 5) is 10.2. The molecule has 0 saturated carbocycles. The van der Waals surface area contributed by atoms with E-state index in [0.29, 0.717) is 6.54 Å². The average Bonchev–Trinajstić information content (AvgIpc) is 1.88. The lowest BCUT2D eigenvalue weighted by atomic mass is 10.2. The summed E-state index contributed by atoms with van der Waals surface area (Å²) in [6.07, 6.45) is 0.0800. The van der Waals surface area contributed by atoms with Crippen LogP contribution in [0.5, 0.6) is 0 Å². The van der Waals surface area contributed by atoms with Crippen LogP contribution in [0.25, 0.3) is 0 Å². The molecule has 1 saturated heterocycles. The van der Waals surface area contributed by atoms with Gasteiger partial charge in [-0.3, -0.25) is 0 Å². The molecule has 0 unspecified atom stereocenters. The highest BCUT2D eigenvalue weighted by molar-refractivity contribution is 4.80. The minimum atomic E-state index is -0.850. The Bertz CT molecular complexity index is 140. The van der Waals surface area contributed by atoms with Gasteiger partial charge in [0.1, 0.15) is 0 Å². The second-order valence-corrected chi connectivity index (χ2v) is 2.83. The van der Waals surface area contributed by atoms with Crippen LogP contribution in [0.1, 0.15) is 13.8 Å². The van der Waals surface area contributed by atoms with Crippen LogP contribution in [0.4, 0.5) is 0 Å². The lowest BCUT2D eigenvalue weighted by Crippen LogP contribution is -2.49. The first-order chi connectivity index (χ1) is 4.66. The molecule has 1 aliphatic rings. The van der Waals surface area contributed by atoms with Gasteiger partial charge in [0.2, 0.25) is 5.72 Å². The fraction of sp³-hybridized carbons (Fsp3) is 1.00. The summed E-state index contributed by atoms with van der Waals surface area (Å²) in [5, 5.41) is 5.95. The van der Waals surface area contributed by atoms with Crippen molar-refractivity contribution < 1.29 is 4.74 Å². The van der Waals surface area contributed by atoms with E-state index in [0.717, 1.165) is 6.54 Å². The molecule has 0 aliphatic carbocycles. The molecule has 1 rings (SSSR count). The number of nitrogens with zero attached hydrogens (tertiary/aromatic N) is 1. The van der Waals surface area contributed by atoms with Gasteiger partial charge in [0.15, 0.2) is 0 Å². The summed E-state index contributed by atoms with van der Waals surface area (Å²) < 4.78 is 5.28. The molecule has 2 atom stereocenters. The molecule has 58 valence electrons. The lowest BCUT2D eigenvalue weighted by molar-refractivity contribution is -0.0924. The van der Waals surface area contributed by atoms with Crippen molar-refractivity contribution in [1.29, 1.82) is 0 Å². The minimum Gasteiger partial charge on any atom is -0.345 e. The number of nitrogens with one attached hydrogen (secondary N) is 1. The molecule has 1 fully saturated rings. The Labute approximate surface area is 59.9 Å². The predicted molar refractivity (Wildman–Crippen MR) is 37.6 cm³/mol. The molecular weight excluding hydrogens is 132 g/mol. The summed E-state index contributed by atoms with van der Waals surface area (Å²) in [5.74, 6) is 0. The Kier molecular flexibility index (Phi) is 2.01. The lowest BCUT2D eigenvalue weighted by Gasteiger charge is -2.31. The van der Waals surface area contributed by atoms with Crippen LogP contribution in [-0.2, 0) is 4.74 Å². The average molecular weight is 144 g/mol. The largest absolute Gasteiger partial charge is 0.345 e. The van der Waals surface area contributed by atoms with Crippen molar-refractivity contribution in [3.63, 3.8) is 0 Å². The highest BCUT2D eigenvalue weighted by atomic mass is 16.5. The van der Waals surface area contributed by atoms with Crippen molar-refractivity contribution in [2.24, 2.45) is 5.18 Å². The fourth-order valence-electron chi connectivity index (χ4n) is 1.08. The molecule has 0 amide bonds. The quantitative estimate of drug-likeness (QED) is 0.544. The van der Waals surface area contributed by atoms with Gasteiger partial charge >= 0.3 is 0 Å². The summed E-state index contributed by atoms with van der Waals surface area (Å²) in [6.45, 7) is 4.91. The molecule has 0 bridgehead atoms. The number of hydrogen-bond acceptors (Lipinski definition) is 4. The van der Waals surface area contributed by atoms with E-state index in [1.54, 1.807) is 6.92 Å². The number of rotatable bonds is 1. The Morgan fingerprint density at radius 3 is 2.90 bits per heavy atom. The minimum absolute atomic E-state index is 0.0800. The topological polar surface area (TPSA) is 50.7 Å². The van der Waals surface area contributed by atoms with Crippen LogP contribution in [0.15, 0.2) is 5.18 Å². The van der Waals surface area contributed by atoms with Crippen molar-refractivity contribution in [2.45, 2.75) is 25.7 Å². The van der Waals surface area contributed by atoms with E-state index in [1.165, 1.54) is 0 Å². The summed E-state index contributed by atoms with van der Waals surface area (Å²) in [7, 11) is 0. The first kappa shape index (κ1) is 7.63. The van der Waals surface area contributed by atoms with Gasteiger partial charge in [-0.2, -0.15) is 0 Å². The Morgan fingerprint density at radius 1 is 1.80 bits per heavy atom. The van der Waals surface area contributed by atoms with Gasteiger partial charge in [-0.15, -0.1) is 4.91 Å². The van der Waals surface area contributed by atoms with Crippen molar-refractivity contribution in [3.05, 3.63) is 4.91 Å². The number of hydrogen-bond donors (Lipinski definition) is 1. The highest BCUT2D eigenvalue weighted by Gasteiger charge is 2.31. The van der Waals surface area contributed by atoms with E-state index in [9.17, 15) is 4.91 Å². The maximum Gasteiger partial charge on any atom is 0.209 e. The highest BCUT2D eigenvalue weighted by Crippen LogP contribution is 2.16. The number of morpholine rings is 1. The smallest absolute Gasteiger partial charge is 0.209 e. The maximum atomic E-state index is 10.2. The van der Waals surface area contributed by atoms with Crippen molar-refractivity contribution in [3.8, 4) is 0 Å². The van der Waals surface area contributed by atoms with Gasteiger partial charge in [0.05, 0.1) is 6.10 Å². The molecule has 0 aromatic carbocycles. The molecule has 0 radical (unpaired) electrons. The van der Waals surface area contributed by atoms with E-state index >= 15 is 0 Å². The second-order valence-electron chi connectivity index (χ2n) is 2.83. The Balaban J connectivity index is 2.53. The van der Waals surface area contributed by atoms with Crippen molar-refractivity contribution in [1.82, 2.24) is 5.32 Å². The summed E-state index contributed by atoms with van der Waals surface area (Å²) in [5.41, 5.74) is -0.850. The Morgan fingerprint density at radius 2 is 2.50 bits per heavy atom. The molecule has 0 aromatic heterocycles. The second kappa shape index (κ2) is 2.64. The SMILES string of the molecule is C[C@@H]1CNC[C@@](C)(N=O)O1. The van der Waals surface area contributed by atoms with Gasteiger partial charge < -0.3 is 10.1 Å². The van der Waals surface area contributed by atoms with Crippen LogP contribution in [0, 0.1) is 4.91 Å². The van der Waals surface area contributed by atoms with E-state index in [-0.39, 0.29) is 6.10 Å². The van der Waals surface area contributed by atoms with Gasteiger partial charge in [-0.25, -0.2) is 0 Å². The third-order valence-electron chi connectivity index (χ3n) is 1.53. The van der Waals surface area contributed by atoms with E-state index in [2.05, 4.69) is 10.5 Å². The maximum absolute atomic E-state index is 10.2. The normalized spacial score (nSPS) is 41.2. The molecule has 10 heavy (non-hydrogen) atoms. The molecule has 4 heteroatoms. The third kappa shape index (κ3) is 1.52. The third-order valence-corrected chi connectivity index (χ3v) is 1.53. The molecule has 1 heterocycles. The number of ether oxygens (including phenoxy) is 1. The molecule has 4 nitrogen and oxygen atoms in total. The zero-order valence-electron chi connectivity index (χ0n) is 6.26. The summed E-state index contributed by atoms with van der Waals surface area (Å²) >= 11 is 0. The van der Waals surface area contributed by atoms with Crippen LogP contribution in [0.3, 0.4) is 0 Å². The predicted octanol–water partition coefficient (Wildman–Crippen LogP) is 0.477. The van der Waals surface area contributed by atoms with Crippen molar-refractivity contribution in [2.75, 3.05) is 13.1 Å². The van der Waals surface area contributed by atoms with E-state index < -0.39 is 5.72 Å². The zero-order valence-corrected chi connectivity index (χ0v) is 6.26. The van der Waals surface area contributed by atoms with Gasteiger partial charge in [0, 0.05) is 13.1 Å². The fourth-order valence-corrected chi connectivity index (χ4v) is 1.08. The van der Waals surface area contributed by atoms with Crippen molar-refractivity contribution >= 4 is 0 Å². The van der Waals surface area contributed by atoms with Gasteiger partial charge in [-0.05, 0) is 19.0 Å². The monoisotopic (exact) mass is 144 g/mol. The Hall–Kier alpha value is -0.480. The van der Waals surface area contributed by atoms with Crippen LogP contribution in [0.2, 0.25) is 0 Å². The molecule has 1 N–H and O–H groups in total. The zero-order chi connectivity index (χ0) is 7.61. The van der Waals surface area contributed by atoms with Crippen LogP contribution < -0.4 is 5.32 Å². The molecule has 0 spiro atoms. The van der Waals surface area contributed by atoms with Gasteiger partial charge in [-0.1, -0.05) is 0 Å². The standard InChI is InChI=1S/C6H12N2O2/c1-5-3-7-4-6(2,8-9)10-5/h5,7H,3-4H2,1-2H3/t5-,6+/m1/s1. The van der Waals surface area contributed by atoms with E-state index in [1.807, 2.05) is 6.92 Å². The molecular formula is C6H12N2O2. The number of nitroso groups, excluding NO2 is 1. The first-order valence-electron chi connectivity index (χ1n) is 3.39.